The monoisotopic (exact) mass is 840 g/mol. The van der Waals surface area contributed by atoms with Gasteiger partial charge in [-0.1, -0.05) is 223 Å². The lowest BCUT2D eigenvalue weighted by Crippen LogP contribution is -2.46. The highest BCUT2D eigenvalue weighted by Gasteiger charge is 2.24. The average molecular weight is 840 g/mol. The predicted octanol–water partition coefficient (Wildman–Crippen LogP) is 15.2. The molecular formula is C54H97NO5. The van der Waals surface area contributed by atoms with E-state index in [9.17, 15) is 19.8 Å². The third-order valence-electron chi connectivity index (χ3n) is 11.4. The minimum Gasteiger partial charge on any atom is -0.462 e. The van der Waals surface area contributed by atoms with E-state index in [-0.39, 0.29) is 24.9 Å². The van der Waals surface area contributed by atoms with Gasteiger partial charge in [-0.15, -0.1) is 0 Å². The number of aliphatic hydroxyl groups is 2. The standard InChI is InChI=1S/C54H97NO5/c1-4-7-10-13-16-19-21-23-25-26-27-29-31-33-35-38-41-44-47-54(59)60-50(45-42-39-36-18-15-12-9-6-3)48-53(58)55-51(49-56)52(57)46-43-40-37-34-32-30-28-24-22-20-17-14-11-8-5-2/h12,15-16,19,21,23,25-27,29,50-52,56-57H,4-11,13-14,17-18,20,22,24,28,30-49H2,1-3H3,(H,55,58)/b15-12-,19-16+,23-21+,26-25+,29-27+. The number of rotatable bonds is 45. The van der Waals surface area contributed by atoms with Crippen molar-refractivity contribution in [3.63, 3.8) is 0 Å². The lowest BCUT2D eigenvalue weighted by Gasteiger charge is -2.24. The average Bonchev–Trinajstić information content (AvgIpc) is 3.24. The van der Waals surface area contributed by atoms with Crippen LogP contribution in [0.2, 0.25) is 0 Å². The lowest BCUT2D eigenvalue weighted by atomic mass is 10.0. The van der Waals surface area contributed by atoms with Crippen molar-refractivity contribution >= 4 is 11.9 Å². The molecule has 3 N–H and O–H groups in total. The molecule has 348 valence electrons. The van der Waals surface area contributed by atoms with E-state index in [2.05, 4.69) is 86.8 Å². The van der Waals surface area contributed by atoms with Crippen LogP contribution in [0.15, 0.2) is 60.8 Å². The molecule has 3 atom stereocenters. The lowest BCUT2D eigenvalue weighted by molar-refractivity contribution is -0.151. The summed E-state index contributed by atoms with van der Waals surface area (Å²) in [6.45, 7) is 6.37. The predicted molar refractivity (Wildman–Crippen MR) is 259 cm³/mol. The van der Waals surface area contributed by atoms with Crippen molar-refractivity contribution in [3.05, 3.63) is 60.8 Å². The SMILES string of the molecule is CCC/C=C\CCCCCC(CC(=O)NC(CO)C(O)CCCCCCCCCCCCCCCCC)OC(=O)CCCCCCC/C=C/C=C/C=C/C=C/CCCCC. The number of hydrogen-bond donors (Lipinski definition) is 3. The molecule has 0 aromatic carbocycles. The van der Waals surface area contributed by atoms with Crippen molar-refractivity contribution in [3.8, 4) is 0 Å². The Balaban J connectivity index is 4.46. The van der Waals surface area contributed by atoms with Gasteiger partial charge in [0.25, 0.3) is 0 Å². The number of aliphatic hydroxyl groups excluding tert-OH is 2. The summed E-state index contributed by atoms with van der Waals surface area (Å²) in [5, 5.41) is 23.7. The molecule has 60 heavy (non-hydrogen) atoms. The molecule has 6 nitrogen and oxygen atoms in total. The quantitative estimate of drug-likeness (QED) is 0.0246. The second-order valence-electron chi connectivity index (χ2n) is 17.3. The molecule has 0 fully saturated rings. The fourth-order valence-electron chi connectivity index (χ4n) is 7.50. The zero-order chi connectivity index (χ0) is 43.8. The molecule has 0 spiro atoms. The number of nitrogens with one attached hydrogen (secondary N) is 1. The second kappa shape index (κ2) is 47.6. The van der Waals surface area contributed by atoms with E-state index in [4.69, 9.17) is 4.74 Å². The molecule has 6 heteroatoms. The molecule has 0 saturated carbocycles. The van der Waals surface area contributed by atoms with Gasteiger partial charge in [0.05, 0.1) is 25.2 Å². The fraction of sp³-hybridized carbons (Fsp3) is 0.778. The number of hydrogen-bond acceptors (Lipinski definition) is 5. The van der Waals surface area contributed by atoms with E-state index in [0.717, 1.165) is 103 Å². The van der Waals surface area contributed by atoms with E-state index in [0.29, 0.717) is 19.3 Å². The number of amides is 1. The molecule has 0 aliphatic carbocycles. The number of carbonyl (C=O) groups excluding carboxylic acids is 2. The van der Waals surface area contributed by atoms with Crippen LogP contribution in [0, 0.1) is 0 Å². The first-order chi connectivity index (χ1) is 29.5. The molecule has 0 radical (unpaired) electrons. The van der Waals surface area contributed by atoms with E-state index in [1.54, 1.807) is 0 Å². The van der Waals surface area contributed by atoms with Gasteiger partial charge in [0.1, 0.15) is 6.10 Å². The summed E-state index contributed by atoms with van der Waals surface area (Å²) in [6.07, 6.45) is 58.6. The zero-order valence-corrected chi connectivity index (χ0v) is 39.6. The highest BCUT2D eigenvalue weighted by Crippen LogP contribution is 2.17. The fourth-order valence-corrected chi connectivity index (χ4v) is 7.50. The maximum absolute atomic E-state index is 13.1. The Labute approximate surface area is 371 Å². The van der Waals surface area contributed by atoms with Crippen LogP contribution in [-0.4, -0.2) is 46.9 Å². The van der Waals surface area contributed by atoms with Crippen LogP contribution in [0.4, 0.5) is 0 Å². The number of esters is 1. The Hall–Kier alpha value is -2.44. The Morgan fingerprint density at radius 2 is 0.900 bits per heavy atom. The van der Waals surface area contributed by atoms with Crippen molar-refractivity contribution in [1.82, 2.24) is 5.32 Å². The van der Waals surface area contributed by atoms with Gasteiger partial charge in [0, 0.05) is 6.42 Å². The Morgan fingerprint density at radius 3 is 1.45 bits per heavy atom. The van der Waals surface area contributed by atoms with Crippen LogP contribution in [0.3, 0.4) is 0 Å². The summed E-state index contributed by atoms with van der Waals surface area (Å²) in [5.74, 6) is -0.519. The third-order valence-corrected chi connectivity index (χ3v) is 11.4. The van der Waals surface area contributed by atoms with Gasteiger partial charge in [-0.3, -0.25) is 9.59 Å². The Kier molecular flexibility index (Phi) is 45.7. The second-order valence-corrected chi connectivity index (χ2v) is 17.3. The highest BCUT2D eigenvalue weighted by atomic mass is 16.5. The summed E-state index contributed by atoms with van der Waals surface area (Å²) >= 11 is 0. The topological polar surface area (TPSA) is 95.9 Å². The molecule has 0 aliphatic heterocycles. The zero-order valence-electron chi connectivity index (χ0n) is 39.6. The third kappa shape index (κ3) is 42.3. The van der Waals surface area contributed by atoms with Crippen LogP contribution in [-0.2, 0) is 14.3 Å². The largest absolute Gasteiger partial charge is 0.462 e. The Morgan fingerprint density at radius 1 is 0.483 bits per heavy atom. The van der Waals surface area contributed by atoms with E-state index in [1.807, 2.05) is 0 Å². The van der Waals surface area contributed by atoms with Crippen molar-refractivity contribution in [2.75, 3.05) is 6.61 Å². The number of unbranched alkanes of at least 4 members (excludes halogenated alkanes) is 26. The van der Waals surface area contributed by atoms with Crippen molar-refractivity contribution < 1.29 is 24.5 Å². The van der Waals surface area contributed by atoms with Gasteiger partial charge < -0.3 is 20.3 Å². The Bertz CT molecular complexity index is 1080. The van der Waals surface area contributed by atoms with E-state index >= 15 is 0 Å². The van der Waals surface area contributed by atoms with Crippen molar-refractivity contribution in [1.29, 1.82) is 0 Å². The summed E-state index contributed by atoms with van der Waals surface area (Å²) < 4.78 is 5.89. The molecule has 0 aromatic rings. The van der Waals surface area contributed by atoms with E-state index < -0.39 is 18.2 Å². The van der Waals surface area contributed by atoms with Gasteiger partial charge >= 0.3 is 5.97 Å². The van der Waals surface area contributed by atoms with Crippen LogP contribution in [0.5, 0.6) is 0 Å². The maximum atomic E-state index is 13.1. The molecule has 0 aliphatic rings. The first kappa shape index (κ1) is 57.6. The van der Waals surface area contributed by atoms with Gasteiger partial charge in [0.2, 0.25) is 5.91 Å². The number of carbonyl (C=O) groups is 2. The van der Waals surface area contributed by atoms with Gasteiger partial charge in [-0.05, 0) is 70.6 Å². The number of ether oxygens (including phenoxy) is 1. The summed E-state index contributed by atoms with van der Waals surface area (Å²) in [5.41, 5.74) is 0. The van der Waals surface area contributed by atoms with Crippen LogP contribution >= 0.6 is 0 Å². The van der Waals surface area contributed by atoms with Gasteiger partial charge in [0.15, 0.2) is 0 Å². The summed E-state index contributed by atoms with van der Waals surface area (Å²) in [6, 6.07) is -0.711. The normalized spacial score (nSPS) is 13.8. The highest BCUT2D eigenvalue weighted by molar-refractivity contribution is 5.77. The van der Waals surface area contributed by atoms with Crippen LogP contribution < -0.4 is 5.32 Å². The maximum Gasteiger partial charge on any atom is 0.306 e. The van der Waals surface area contributed by atoms with Crippen molar-refractivity contribution in [2.45, 2.75) is 264 Å². The minimum absolute atomic E-state index is 0.0550. The van der Waals surface area contributed by atoms with Crippen LogP contribution in [0.25, 0.3) is 0 Å². The molecule has 3 unspecified atom stereocenters. The van der Waals surface area contributed by atoms with Crippen molar-refractivity contribution in [2.24, 2.45) is 0 Å². The summed E-state index contributed by atoms with van der Waals surface area (Å²) in [7, 11) is 0. The molecule has 0 saturated heterocycles. The molecule has 0 bridgehead atoms. The molecule has 0 aromatic heterocycles. The van der Waals surface area contributed by atoms with E-state index in [1.165, 1.54) is 96.3 Å². The van der Waals surface area contributed by atoms with Crippen LogP contribution in [0.1, 0.15) is 245 Å². The first-order valence-electron chi connectivity index (χ1n) is 25.6. The molecule has 0 rings (SSSR count). The molecular weight excluding hydrogens is 743 g/mol. The number of allylic oxidation sites excluding steroid dienone is 10. The van der Waals surface area contributed by atoms with Gasteiger partial charge in [-0.25, -0.2) is 0 Å². The minimum atomic E-state index is -0.796. The molecule has 1 amide bonds. The molecule has 0 heterocycles. The van der Waals surface area contributed by atoms with Gasteiger partial charge in [-0.2, -0.15) is 0 Å². The summed E-state index contributed by atoms with van der Waals surface area (Å²) in [4.78, 5) is 26.0. The smallest absolute Gasteiger partial charge is 0.306 e. The first-order valence-corrected chi connectivity index (χ1v) is 25.6.